The van der Waals surface area contributed by atoms with E-state index >= 15 is 0 Å². The molecular weight excluding hydrogens is 354 g/mol. The number of carbonyl (C=O) groups is 1. The topological polar surface area (TPSA) is 81.8 Å². The summed E-state index contributed by atoms with van der Waals surface area (Å²) in [7, 11) is 0. The fourth-order valence-electron chi connectivity index (χ4n) is 3.31. The first-order chi connectivity index (χ1) is 13.5. The number of amides is 1. The first kappa shape index (κ1) is 19.8. The second kappa shape index (κ2) is 8.82. The number of aromatic nitrogens is 4. The number of hydrogen-bond donors (Lipinski definition) is 1. The minimum Gasteiger partial charge on any atom is -0.355 e. The van der Waals surface area contributed by atoms with Gasteiger partial charge in [0, 0.05) is 6.54 Å². The second-order valence-corrected chi connectivity index (χ2v) is 7.23. The van der Waals surface area contributed by atoms with Crippen LogP contribution in [0, 0.1) is 13.8 Å². The molecule has 1 amide bonds. The van der Waals surface area contributed by atoms with Crippen LogP contribution in [0.25, 0.3) is 16.7 Å². The monoisotopic (exact) mass is 381 g/mol. The third-order valence-electron chi connectivity index (χ3n) is 4.67. The maximum absolute atomic E-state index is 12.7. The number of nitrogens with zero attached hydrogens (tertiary/aromatic N) is 4. The SMILES string of the molecule is CCCCCCNC(=O)Cn1cnc2c(cnn2-c2cc(C)cc(C)c2)c1=O. The first-order valence-corrected chi connectivity index (χ1v) is 9.78. The van der Waals surface area contributed by atoms with Gasteiger partial charge in [-0.25, -0.2) is 9.67 Å². The fourth-order valence-corrected chi connectivity index (χ4v) is 3.31. The van der Waals surface area contributed by atoms with Crippen molar-refractivity contribution < 1.29 is 4.79 Å². The molecule has 0 spiro atoms. The summed E-state index contributed by atoms with van der Waals surface area (Å²) < 4.78 is 2.99. The number of aryl methyl sites for hydroxylation is 2. The lowest BCUT2D eigenvalue weighted by Gasteiger charge is -2.08. The van der Waals surface area contributed by atoms with E-state index in [0.717, 1.165) is 36.1 Å². The Labute approximate surface area is 164 Å². The highest BCUT2D eigenvalue weighted by Gasteiger charge is 2.13. The third-order valence-corrected chi connectivity index (χ3v) is 4.67. The zero-order valence-electron chi connectivity index (χ0n) is 16.7. The van der Waals surface area contributed by atoms with E-state index in [1.54, 1.807) is 4.68 Å². The van der Waals surface area contributed by atoms with Crippen molar-refractivity contribution in [1.29, 1.82) is 0 Å². The lowest BCUT2D eigenvalue weighted by Crippen LogP contribution is -2.33. The average Bonchev–Trinajstić information content (AvgIpc) is 3.08. The fraction of sp³-hybridized carbons (Fsp3) is 0.429. The van der Waals surface area contributed by atoms with E-state index < -0.39 is 0 Å². The Morgan fingerprint density at radius 3 is 2.57 bits per heavy atom. The molecule has 0 aliphatic rings. The summed E-state index contributed by atoms with van der Waals surface area (Å²) in [6, 6.07) is 6.08. The van der Waals surface area contributed by atoms with Gasteiger partial charge < -0.3 is 5.32 Å². The normalized spacial score (nSPS) is 11.1. The van der Waals surface area contributed by atoms with Crippen molar-refractivity contribution in [3.8, 4) is 5.69 Å². The molecule has 0 aliphatic carbocycles. The van der Waals surface area contributed by atoms with Gasteiger partial charge in [0.25, 0.3) is 5.56 Å². The predicted molar refractivity (Wildman–Crippen MR) is 110 cm³/mol. The Kier molecular flexibility index (Phi) is 6.23. The van der Waals surface area contributed by atoms with Crippen molar-refractivity contribution in [2.75, 3.05) is 6.54 Å². The molecule has 0 bridgehead atoms. The highest BCUT2D eigenvalue weighted by atomic mass is 16.2. The lowest BCUT2D eigenvalue weighted by atomic mass is 10.1. The molecule has 2 aromatic heterocycles. The highest BCUT2D eigenvalue weighted by molar-refractivity contribution is 5.77. The van der Waals surface area contributed by atoms with Crippen LogP contribution >= 0.6 is 0 Å². The summed E-state index contributed by atoms with van der Waals surface area (Å²) in [4.78, 5) is 29.3. The van der Waals surface area contributed by atoms with Gasteiger partial charge in [0.15, 0.2) is 5.65 Å². The van der Waals surface area contributed by atoms with Crippen LogP contribution in [0.4, 0.5) is 0 Å². The zero-order valence-corrected chi connectivity index (χ0v) is 16.7. The molecule has 0 unspecified atom stereocenters. The zero-order chi connectivity index (χ0) is 20.1. The molecular formula is C21H27N5O2. The molecule has 1 aromatic carbocycles. The molecule has 2 heterocycles. The van der Waals surface area contributed by atoms with Gasteiger partial charge in [-0.15, -0.1) is 0 Å². The van der Waals surface area contributed by atoms with E-state index in [-0.39, 0.29) is 18.0 Å². The van der Waals surface area contributed by atoms with Crippen molar-refractivity contribution in [1.82, 2.24) is 24.6 Å². The molecule has 3 rings (SSSR count). The molecule has 0 saturated carbocycles. The van der Waals surface area contributed by atoms with E-state index in [9.17, 15) is 9.59 Å². The third kappa shape index (κ3) is 4.47. The molecule has 1 N–H and O–H groups in total. The van der Waals surface area contributed by atoms with E-state index in [0.29, 0.717) is 17.6 Å². The quantitative estimate of drug-likeness (QED) is 0.608. The molecule has 0 saturated heterocycles. The van der Waals surface area contributed by atoms with Crippen LogP contribution in [-0.4, -0.2) is 31.8 Å². The summed E-state index contributed by atoms with van der Waals surface area (Å²) in [5.74, 6) is -0.179. The molecule has 28 heavy (non-hydrogen) atoms. The maximum Gasteiger partial charge on any atom is 0.264 e. The Morgan fingerprint density at radius 2 is 1.86 bits per heavy atom. The number of carbonyl (C=O) groups excluding carboxylic acids is 1. The van der Waals surface area contributed by atoms with Crippen LogP contribution in [0.3, 0.4) is 0 Å². The van der Waals surface area contributed by atoms with Gasteiger partial charge in [0.05, 0.1) is 11.9 Å². The second-order valence-electron chi connectivity index (χ2n) is 7.23. The molecule has 0 radical (unpaired) electrons. The van der Waals surface area contributed by atoms with Crippen molar-refractivity contribution >= 4 is 16.9 Å². The van der Waals surface area contributed by atoms with E-state index in [1.807, 2.05) is 26.0 Å². The van der Waals surface area contributed by atoms with Crippen LogP contribution in [0.15, 0.2) is 35.5 Å². The van der Waals surface area contributed by atoms with E-state index in [2.05, 4.69) is 28.4 Å². The highest BCUT2D eigenvalue weighted by Crippen LogP contribution is 2.17. The number of benzene rings is 1. The first-order valence-electron chi connectivity index (χ1n) is 9.78. The van der Waals surface area contributed by atoms with Crippen molar-refractivity contribution in [3.05, 3.63) is 52.2 Å². The summed E-state index contributed by atoms with van der Waals surface area (Å²) in [6.07, 6.45) is 7.31. The Morgan fingerprint density at radius 1 is 1.11 bits per heavy atom. The maximum atomic E-state index is 12.7. The molecule has 7 nitrogen and oxygen atoms in total. The Hall–Kier alpha value is -2.96. The van der Waals surface area contributed by atoms with Crippen molar-refractivity contribution in [3.63, 3.8) is 0 Å². The van der Waals surface area contributed by atoms with Crippen LogP contribution in [-0.2, 0) is 11.3 Å². The average molecular weight is 381 g/mol. The van der Waals surface area contributed by atoms with Gasteiger partial charge in [-0.05, 0) is 43.5 Å². The van der Waals surface area contributed by atoms with Gasteiger partial charge in [0.1, 0.15) is 18.3 Å². The van der Waals surface area contributed by atoms with Crippen LogP contribution in [0.1, 0.15) is 43.7 Å². The molecule has 0 fully saturated rings. The Bertz CT molecular complexity index is 1010. The molecule has 148 valence electrons. The van der Waals surface area contributed by atoms with Gasteiger partial charge in [-0.1, -0.05) is 32.3 Å². The largest absolute Gasteiger partial charge is 0.355 e. The van der Waals surface area contributed by atoms with Crippen LogP contribution in [0.2, 0.25) is 0 Å². The summed E-state index contributed by atoms with van der Waals surface area (Å²) in [5.41, 5.74) is 3.32. The van der Waals surface area contributed by atoms with E-state index in [4.69, 9.17) is 0 Å². The van der Waals surface area contributed by atoms with Crippen LogP contribution < -0.4 is 10.9 Å². The van der Waals surface area contributed by atoms with Crippen molar-refractivity contribution in [2.45, 2.75) is 53.0 Å². The summed E-state index contributed by atoms with van der Waals surface area (Å²) >= 11 is 0. The smallest absolute Gasteiger partial charge is 0.264 e. The number of rotatable bonds is 8. The number of nitrogens with one attached hydrogen (secondary N) is 1. The standard InChI is InChI=1S/C21H27N5O2/c1-4-5-6-7-8-22-19(27)13-25-14-23-20-18(21(25)28)12-24-26(20)17-10-15(2)9-16(3)11-17/h9-12,14H,4-8,13H2,1-3H3,(H,22,27). The summed E-state index contributed by atoms with van der Waals surface area (Å²) in [5, 5.41) is 7.61. The van der Waals surface area contributed by atoms with E-state index in [1.165, 1.54) is 23.5 Å². The molecule has 0 aliphatic heterocycles. The van der Waals surface area contributed by atoms with Gasteiger partial charge >= 0.3 is 0 Å². The molecule has 0 atom stereocenters. The predicted octanol–water partition coefficient (Wildman–Crippen LogP) is 2.90. The number of unbranched alkanes of at least 4 members (excludes halogenated alkanes) is 3. The minimum absolute atomic E-state index is 0.0374. The Balaban J connectivity index is 1.77. The van der Waals surface area contributed by atoms with Gasteiger partial charge in [-0.2, -0.15) is 5.10 Å². The molecule has 7 heteroatoms. The van der Waals surface area contributed by atoms with Crippen molar-refractivity contribution in [2.24, 2.45) is 0 Å². The minimum atomic E-state index is -0.262. The molecule has 3 aromatic rings. The van der Waals surface area contributed by atoms with Crippen LogP contribution in [0.5, 0.6) is 0 Å². The number of fused-ring (bicyclic) bond motifs is 1. The van der Waals surface area contributed by atoms with Gasteiger partial charge in [-0.3, -0.25) is 14.2 Å². The summed E-state index contributed by atoms with van der Waals surface area (Å²) in [6.45, 7) is 6.78. The van der Waals surface area contributed by atoms with Gasteiger partial charge in [0.2, 0.25) is 5.91 Å². The lowest BCUT2D eigenvalue weighted by molar-refractivity contribution is -0.121. The number of hydrogen-bond acceptors (Lipinski definition) is 4.